The Morgan fingerprint density at radius 2 is 1.38 bits per heavy atom. The zero-order chi connectivity index (χ0) is 20.1. The van der Waals surface area contributed by atoms with Crippen molar-refractivity contribution >= 4 is 16.1 Å². The molecule has 0 spiro atoms. The van der Waals surface area contributed by atoms with E-state index >= 15 is 0 Å². The van der Waals surface area contributed by atoms with Crippen LogP contribution >= 0.6 is 0 Å². The van der Waals surface area contributed by atoms with Crippen molar-refractivity contribution in [3.8, 4) is 0 Å². The fourth-order valence-electron chi connectivity index (χ4n) is 2.78. The summed E-state index contributed by atoms with van der Waals surface area (Å²) in [6, 6.07) is 0. The fraction of sp³-hybridized carbons (Fsp3) is 0.842. The van der Waals surface area contributed by atoms with E-state index in [0.29, 0.717) is 18.6 Å². The quantitative estimate of drug-likeness (QED) is 0.143. The van der Waals surface area contributed by atoms with Gasteiger partial charge in [0, 0.05) is 12.0 Å². The topological polar surface area (TPSA) is 80.7 Å². The van der Waals surface area contributed by atoms with Gasteiger partial charge in [-0.3, -0.25) is 4.55 Å². The molecule has 0 aromatic heterocycles. The summed E-state index contributed by atoms with van der Waals surface area (Å²) in [6.07, 6.45) is 9.63. The molecule has 26 heavy (non-hydrogen) atoms. The lowest BCUT2D eigenvalue weighted by Gasteiger charge is -2.29. The van der Waals surface area contributed by atoms with E-state index in [1.54, 1.807) is 6.92 Å². The van der Waals surface area contributed by atoms with Crippen LogP contribution in [0.4, 0.5) is 0 Å². The summed E-state index contributed by atoms with van der Waals surface area (Å²) >= 11 is 0. The number of nitrogens with zero attached hydrogens (tertiary/aromatic N) is 1. The highest BCUT2D eigenvalue weighted by Crippen LogP contribution is 2.11. The molecule has 1 N–H and O–H groups in total. The van der Waals surface area contributed by atoms with Gasteiger partial charge < -0.3 is 9.22 Å². The minimum Gasteiger partial charge on any atom is -0.462 e. The maximum atomic E-state index is 11.2. The second-order valence-corrected chi connectivity index (χ2v) is 9.34. The number of carbonyl (C=O) groups excluding carboxylic acids is 1. The van der Waals surface area contributed by atoms with Crippen molar-refractivity contribution < 1.29 is 27.0 Å². The number of ether oxygens (including phenoxy) is 1. The van der Waals surface area contributed by atoms with Gasteiger partial charge in [-0.15, -0.1) is 0 Å². The Kier molecular flexibility index (Phi) is 12.8. The molecule has 0 bridgehead atoms. The molecule has 0 aliphatic rings. The molecule has 0 atom stereocenters. The lowest BCUT2D eigenvalue weighted by Crippen LogP contribution is -2.41. The van der Waals surface area contributed by atoms with Crippen molar-refractivity contribution in [1.82, 2.24) is 0 Å². The standard InChI is InChI=1S/C19H37NO5S/c1-18(2)19(21)25-16-12-10-8-6-5-7-9-11-14-20(3,4)15-13-17-26(22,23)24/h1,5-17H2,2-4H3/p+1. The van der Waals surface area contributed by atoms with Crippen LogP contribution in [0.2, 0.25) is 0 Å². The molecular formula is C19H38NO5S+. The van der Waals surface area contributed by atoms with E-state index in [0.717, 1.165) is 36.8 Å². The van der Waals surface area contributed by atoms with Gasteiger partial charge >= 0.3 is 5.97 Å². The average Bonchev–Trinajstić information content (AvgIpc) is 2.50. The monoisotopic (exact) mass is 392 g/mol. The Morgan fingerprint density at radius 1 is 0.923 bits per heavy atom. The van der Waals surface area contributed by atoms with Gasteiger partial charge in [0.05, 0.1) is 39.5 Å². The van der Waals surface area contributed by atoms with Gasteiger partial charge in [-0.05, 0) is 26.2 Å². The number of hydrogen-bond donors (Lipinski definition) is 1. The molecule has 0 aliphatic heterocycles. The van der Waals surface area contributed by atoms with E-state index in [1.807, 2.05) is 0 Å². The average molecular weight is 393 g/mol. The molecule has 0 aromatic rings. The van der Waals surface area contributed by atoms with E-state index in [-0.39, 0.29) is 11.7 Å². The lowest BCUT2D eigenvalue weighted by molar-refractivity contribution is -0.890. The number of esters is 1. The summed E-state index contributed by atoms with van der Waals surface area (Å²) in [7, 11) is 0.367. The normalized spacial score (nSPS) is 12.2. The van der Waals surface area contributed by atoms with E-state index < -0.39 is 10.1 Å². The van der Waals surface area contributed by atoms with E-state index in [4.69, 9.17) is 9.29 Å². The molecule has 154 valence electrons. The molecule has 6 nitrogen and oxygen atoms in total. The first-order chi connectivity index (χ1) is 12.0. The van der Waals surface area contributed by atoms with Crippen molar-refractivity contribution in [2.45, 2.75) is 64.7 Å². The third kappa shape index (κ3) is 16.5. The number of hydrogen-bond acceptors (Lipinski definition) is 4. The minimum absolute atomic E-state index is 0.152. The van der Waals surface area contributed by atoms with Gasteiger partial charge in [0.25, 0.3) is 10.1 Å². The summed E-state index contributed by atoms with van der Waals surface area (Å²) in [6.45, 7) is 7.47. The summed E-state index contributed by atoms with van der Waals surface area (Å²) in [5.41, 5.74) is 0.449. The van der Waals surface area contributed by atoms with Crippen LogP contribution < -0.4 is 0 Å². The number of rotatable bonds is 16. The Hall–Kier alpha value is -0.920. The first-order valence-corrected chi connectivity index (χ1v) is 11.2. The largest absolute Gasteiger partial charge is 0.462 e. The predicted octanol–water partition coefficient (Wildman–Crippen LogP) is 3.58. The van der Waals surface area contributed by atoms with Crippen LogP contribution in [0.3, 0.4) is 0 Å². The summed E-state index contributed by atoms with van der Waals surface area (Å²) in [5, 5.41) is 0. The Balaban J connectivity index is 3.47. The SMILES string of the molecule is C=C(C)C(=O)OCCCCCCCCCC[N+](C)(C)CCCS(=O)(=O)O. The zero-order valence-corrected chi connectivity index (χ0v) is 17.7. The van der Waals surface area contributed by atoms with Crippen molar-refractivity contribution in [2.75, 3.05) is 39.5 Å². The second-order valence-electron chi connectivity index (χ2n) is 7.77. The molecule has 0 fully saturated rings. The maximum absolute atomic E-state index is 11.2. The molecule has 0 saturated carbocycles. The van der Waals surface area contributed by atoms with Gasteiger partial charge in [0.1, 0.15) is 0 Å². The summed E-state index contributed by atoms with van der Waals surface area (Å²) in [5.74, 6) is -0.453. The highest BCUT2D eigenvalue weighted by atomic mass is 32.2. The smallest absolute Gasteiger partial charge is 0.333 e. The molecular weight excluding hydrogens is 354 g/mol. The number of carbonyl (C=O) groups is 1. The summed E-state index contributed by atoms with van der Waals surface area (Å²) < 4.78 is 36.1. The van der Waals surface area contributed by atoms with E-state index in [1.165, 1.54) is 32.1 Å². The molecule has 7 heteroatoms. The Morgan fingerprint density at radius 3 is 1.88 bits per heavy atom. The van der Waals surface area contributed by atoms with Gasteiger partial charge in [-0.1, -0.05) is 38.7 Å². The molecule has 0 rings (SSSR count). The highest BCUT2D eigenvalue weighted by Gasteiger charge is 2.16. The van der Waals surface area contributed by atoms with Crippen LogP contribution in [0.25, 0.3) is 0 Å². The molecule has 0 unspecified atom stereocenters. The van der Waals surface area contributed by atoms with Crippen LogP contribution in [-0.2, 0) is 19.6 Å². The summed E-state index contributed by atoms with van der Waals surface area (Å²) in [4.78, 5) is 11.2. The van der Waals surface area contributed by atoms with Gasteiger partial charge in [-0.25, -0.2) is 4.79 Å². The first kappa shape index (κ1) is 25.1. The molecule has 0 aliphatic carbocycles. The molecule has 0 amide bonds. The van der Waals surface area contributed by atoms with Crippen LogP contribution in [0, 0.1) is 0 Å². The highest BCUT2D eigenvalue weighted by molar-refractivity contribution is 7.85. The molecule has 0 saturated heterocycles. The van der Waals surface area contributed by atoms with E-state index in [9.17, 15) is 13.2 Å². The van der Waals surface area contributed by atoms with Crippen LogP contribution in [0.1, 0.15) is 64.7 Å². The Bertz CT molecular complexity index is 514. The van der Waals surface area contributed by atoms with E-state index in [2.05, 4.69) is 20.7 Å². The predicted molar refractivity (Wildman–Crippen MR) is 106 cm³/mol. The van der Waals surface area contributed by atoms with Gasteiger partial charge in [0.2, 0.25) is 0 Å². The first-order valence-electron chi connectivity index (χ1n) is 9.63. The van der Waals surface area contributed by atoms with Crippen molar-refractivity contribution in [3.63, 3.8) is 0 Å². The minimum atomic E-state index is -3.84. The van der Waals surface area contributed by atoms with Crippen LogP contribution in [0.5, 0.6) is 0 Å². The van der Waals surface area contributed by atoms with Crippen LogP contribution in [-0.4, -0.2) is 63.0 Å². The van der Waals surface area contributed by atoms with Crippen molar-refractivity contribution in [2.24, 2.45) is 0 Å². The second kappa shape index (κ2) is 13.3. The lowest BCUT2D eigenvalue weighted by atomic mass is 10.1. The molecule has 0 aromatic carbocycles. The third-order valence-corrected chi connectivity index (χ3v) is 5.21. The number of quaternary nitrogens is 1. The van der Waals surface area contributed by atoms with Crippen LogP contribution in [0.15, 0.2) is 12.2 Å². The molecule has 0 heterocycles. The Labute approximate surface area is 159 Å². The van der Waals surface area contributed by atoms with Gasteiger partial charge in [0.15, 0.2) is 0 Å². The molecule has 0 radical (unpaired) electrons. The number of unbranched alkanes of at least 4 members (excludes halogenated alkanes) is 7. The fourth-order valence-corrected chi connectivity index (χ4v) is 3.27. The van der Waals surface area contributed by atoms with Gasteiger partial charge in [-0.2, -0.15) is 8.42 Å². The third-order valence-electron chi connectivity index (χ3n) is 4.41. The maximum Gasteiger partial charge on any atom is 0.333 e. The van der Waals surface area contributed by atoms with Crippen molar-refractivity contribution in [1.29, 1.82) is 0 Å². The zero-order valence-electron chi connectivity index (χ0n) is 16.8. The van der Waals surface area contributed by atoms with Crippen molar-refractivity contribution in [3.05, 3.63) is 12.2 Å².